The van der Waals surface area contributed by atoms with Gasteiger partial charge in [0.25, 0.3) is 0 Å². The molecule has 0 aliphatic heterocycles. The fourth-order valence-corrected chi connectivity index (χ4v) is 2.21. The van der Waals surface area contributed by atoms with Crippen LogP contribution in [0.25, 0.3) is 0 Å². The molecule has 1 unspecified atom stereocenters. The van der Waals surface area contributed by atoms with Crippen LogP contribution in [0.3, 0.4) is 0 Å². The van der Waals surface area contributed by atoms with Gasteiger partial charge in [-0.05, 0) is 36.5 Å². The predicted octanol–water partition coefficient (Wildman–Crippen LogP) is 4.43. The first-order chi connectivity index (χ1) is 8.13. The Labute approximate surface area is 105 Å². The van der Waals surface area contributed by atoms with E-state index in [2.05, 4.69) is 39.0 Å². The zero-order chi connectivity index (χ0) is 12.8. The lowest BCUT2D eigenvalue weighted by Gasteiger charge is -2.13. The highest BCUT2D eigenvalue weighted by atomic mass is 16.1. The molecule has 0 heterocycles. The zero-order valence-electron chi connectivity index (χ0n) is 11.5. The number of carbonyl (C=O) groups is 1. The van der Waals surface area contributed by atoms with Gasteiger partial charge in [0.1, 0.15) is 0 Å². The number of ketones is 1. The Hall–Kier alpha value is -1.11. The van der Waals surface area contributed by atoms with Gasteiger partial charge in [-0.25, -0.2) is 0 Å². The van der Waals surface area contributed by atoms with Crippen molar-refractivity contribution in [3.63, 3.8) is 0 Å². The van der Waals surface area contributed by atoms with Crippen LogP contribution in [0.5, 0.6) is 0 Å². The van der Waals surface area contributed by atoms with Crippen molar-refractivity contribution < 1.29 is 4.79 Å². The van der Waals surface area contributed by atoms with Crippen LogP contribution in [0.15, 0.2) is 18.2 Å². The molecule has 94 valence electrons. The van der Waals surface area contributed by atoms with Gasteiger partial charge in [0.05, 0.1) is 0 Å². The minimum Gasteiger partial charge on any atom is -0.294 e. The van der Waals surface area contributed by atoms with E-state index in [1.54, 1.807) is 0 Å². The van der Waals surface area contributed by atoms with Crippen LogP contribution >= 0.6 is 0 Å². The van der Waals surface area contributed by atoms with E-state index in [0.29, 0.717) is 5.78 Å². The van der Waals surface area contributed by atoms with Crippen molar-refractivity contribution >= 4 is 5.78 Å². The molecule has 0 fully saturated rings. The van der Waals surface area contributed by atoms with E-state index in [-0.39, 0.29) is 5.92 Å². The van der Waals surface area contributed by atoms with Gasteiger partial charge in [0.2, 0.25) is 0 Å². The van der Waals surface area contributed by atoms with Gasteiger partial charge in [-0.15, -0.1) is 0 Å². The number of aryl methyl sites for hydroxylation is 2. The first kappa shape index (κ1) is 14.0. The minimum absolute atomic E-state index is 0.150. The highest BCUT2D eigenvalue weighted by Gasteiger charge is 2.17. The molecule has 0 aliphatic carbocycles. The number of Topliss-reactive ketones (excluding diaryl/α,β-unsaturated/α-hetero) is 1. The molecule has 0 aliphatic rings. The molecule has 1 heteroatoms. The second-order valence-electron chi connectivity index (χ2n) is 4.75. The van der Waals surface area contributed by atoms with E-state index in [9.17, 15) is 4.79 Å². The third kappa shape index (κ3) is 3.42. The minimum atomic E-state index is 0.150. The number of carbonyl (C=O) groups excluding carboxylic acids is 1. The molecule has 1 nitrogen and oxygen atoms in total. The Morgan fingerprint density at radius 3 is 2.41 bits per heavy atom. The quantitative estimate of drug-likeness (QED) is 0.663. The normalized spacial score (nSPS) is 12.5. The molecule has 0 saturated carbocycles. The molecule has 0 amide bonds. The van der Waals surface area contributed by atoms with Crippen LogP contribution in [0.2, 0.25) is 0 Å². The lowest BCUT2D eigenvalue weighted by Crippen LogP contribution is -2.13. The molecule has 0 saturated heterocycles. The van der Waals surface area contributed by atoms with E-state index in [4.69, 9.17) is 0 Å². The summed E-state index contributed by atoms with van der Waals surface area (Å²) in [4.78, 5) is 12.4. The molecule has 0 N–H and O–H groups in total. The van der Waals surface area contributed by atoms with Crippen molar-refractivity contribution in [1.82, 2.24) is 0 Å². The average Bonchev–Trinajstić information content (AvgIpc) is 2.37. The van der Waals surface area contributed by atoms with Crippen molar-refractivity contribution in [2.75, 3.05) is 0 Å². The summed E-state index contributed by atoms with van der Waals surface area (Å²) < 4.78 is 0. The third-order valence-corrected chi connectivity index (χ3v) is 3.40. The second-order valence-corrected chi connectivity index (χ2v) is 4.75. The fraction of sp³-hybridized carbons (Fsp3) is 0.562. The molecule has 1 aromatic rings. The van der Waals surface area contributed by atoms with Crippen molar-refractivity contribution in [1.29, 1.82) is 0 Å². The molecule has 1 aromatic carbocycles. The Morgan fingerprint density at radius 2 is 1.88 bits per heavy atom. The lowest BCUT2D eigenvalue weighted by molar-refractivity contribution is 0.0922. The summed E-state index contributed by atoms with van der Waals surface area (Å²) in [6.45, 7) is 8.42. The van der Waals surface area contributed by atoms with Crippen LogP contribution in [0.1, 0.15) is 62.0 Å². The maximum absolute atomic E-state index is 12.4. The molecule has 0 radical (unpaired) electrons. The molecule has 1 rings (SSSR count). The molecular weight excluding hydrogens is 208 g/mol. The number of hydrogen-bond donors (Lipinski definition) is 0. The number of hydrogen-bond acceptors (Lipinski definition) is 1. The lowest BCUT2D eigenvalue weighted by atomic mass is 9.90. The first-order valence-corrected chi connectivity index (χ1v) is 6.79. The summed E-state index contributed by atoms with van der Waals surface area (Å²) in [7, 11) is 0. The summed E-state index contributed by atoms with van der Waals surface area (Å²) in [6, 6.07) is 6.35. The summed E-state index contributed by atoms with van der Waals surface area (Å²) >= 11 is 0. The van der Waals surface area contributed by atoms with Gasteiger partial charge in [-0.3, -0.25) is 4.79 Å². The molecule has 0 spiro atoms. The monoisotopic (exact) mass is 232 g/mol. The highest BCUT2D eigenvalue weighted by Crippen LogP contribution is 2.20. The fourth-order valence-electron chi connectivity index (χ4n) is 2.21. The smallest absolute Gasteiger partial charge is 0.165 e. The van der Waals surface area contributed by atoms with Crippen LogP contribution in [0.4, 0.5) is 0 Å². The topological polar surface area (TPSA) is 17.1 Å². The average molecular weight is 232 g/mol. The Balaban J connectivity index is 3.05. The van der Waals surface area contributed by atoms with Crippen molar-refractivity contribution in [2.45, 2.75) is 53.4 Å². The second kappa shape index (κ2) is 6.58. The summed E-state index contributed by atoms with van der Waals surface area (Å²) in [5.41, 5.74) is 3.40. The zero-order valence-corrected chi connectivity index (χ0v) is 11.5. The van der Waals surface area contributed by atoms with E-state index in [0.717, 1.165) is 31.2 Å². The summed E-state index contributed by atoms with van der Waals surface area (Å²) in [5, 5.41) is 0. The number of rotatable bonds is 6. The van der Waals surface area contributed by atoms with Gasteiger partial charge in [-0.2, -0.15) is 0 Å². The highest BCUT2D eigenvalue weighted by molar-refractivity contribution is 5.99. The largest absolute Gasteiger partial charge is 0.294 e. The molecule has 1 atom stereocenters. The van der Waals surface area contributed by atoms with Crippen LogP contribution in [0, 0.1) is 5.92 Å². The van der Waals surface area contributed by atoms with Crippen molar-refractivity contribution in [3.05, 3.63) is 34.9 Å². The number of benzene rings is 1. The molecule has 17 heavy (non-hydrogen) atoms. The third-order valence-electron chi connectivity index (χ3n) is 3.40. The van der Waals surface area contributed by atoms with E-state index >= 15 is 0 Å². The van der Waals surface area contributed by atoms with Gasteiger partial charge >= 0.3 is 0 Å². The van der Waals surface area contributed by atoms with E-state index in [1.165, 1.54) is 11.1 Å². The van der Waals surface area contributed by atoms with Gasteiger partial charge in [-0.1, -0.05) is 46.2 Å². The Bertz CT molecular complexity index is 379. The van der Waals surface area contributed by atoms with Gasteiger partial charge in [0, 0.05) is 11.5 Å². The molecule has 0 bridgehead atoms. The maximum atomic E-state index is 12.4. The van der Waals surface area contributed by atoms with E-state index < -0.39 is 0 Å². The predicted molar refractivity (Wildman–Crippen MR) is 73.6 cm³/mol. The SMILES string of the molecule is CCCC(C)C(=O)c1cc(CC)ccc1CC. The Morgan fingerprint density at radius 1 is 1.18 bits per heavy atom. The first-order valence-electron chi connectivity index (χ1n) is 6.79. The van der Waals surface area contributed by atoms with Crippen LogP contribution in [-0.2, 0) is 12.8 Å². The summed E-state index contributed by atoms with van der Waals surface area (Å²) in [5.74, 6) is 0.469. The molecular formula is C16H24O. The van der Waals surface area contributed by atoms with Crippen LogP contribution in [-0.4, -0.2) is 5.78 Å². The maximum Gasteiger partial charge on any atom is 0.165 e. The van der Waals surface area contributed by atoms with Crippen molar-refractivity contribution in [3.8, 4) is 0 Å². The van der Waals surface area contributed by atoms with Crippen molar-refractivity contribution in [2.24, 2.45) is 5.92 Å². The van der Waals surface area contributed by atoms with E-state index in [1.807, 2.05) is 6.92 Å². The molecule has 0 aromatic heterocycles. The summed E-state index contributed by atoms with van der Waals surface area (Å²) in [6.07, 6.45) is 3.98. The Kier molecular flexibility index (Phi) is 5.40. The van der Waals surface area contributed by atoms with Gasteiger partial charge in [0.15, 0.2) is 5.78 Å². The standard InChI is InChI=1S/C16H24O/c1-5-8-12(4)16(17)15-11-13(6-2)9-10-14(15)7-3/h9-12H,5-8H2,1-4H3. The van der Waals surface area contributed by atoms with Gasteiger partial charge < -0.3 is 0 Å². The van der Waals surface area contributed by atoms with Crippen LogP contribution < -0.4 is 0 Å².